The summed E-state index contributed by atoms with van der Waals surface area (Å²) in [6, 6.07) is 4.86. The number of hydrogen-bond donors (Lipinski definition) is 2. The number of aromatic amines is 1. The molecule has 0 aliphatic carbocycles. The van der Waals surface area contributed by atoms with E-state index < -0.39 is 17.3 Å². The number of H-pyrrole nitrogens is 1. The van der Waals surface area contributed by atoms with Crippen molar-refractivity contribution in [1.29, 1.82) is 5.26 Å². The summed E-state index contributed by atoms with van der Waals surface area (Å²) in [6.45, 7) is 0. The van der Waals surface area contributed by atoms with E-state index in [-0.39, 0.29) is 5.69 Å². The third-order valence-corrected chi connectivity index (χ3v) is 3.14. The molecule has 0 spiro atoms. The third kappa shape index (κ3) is 3.10. The monoisotopic (exact) mass is 302 g/mol. The van der Waals surface area contributed by atoms with Gasteiger partial charge in [0.1, 0.15) is 0 Å². The van der Waals surface area contributed by atoms with Gasteiger partial charge in [-0.2, -0.15) is 18.4 Å². The molecule has 0 atom stereocenters. The maximum absolute atomic E-state index is 12.7. The second-order valence-corrected chi connectivity index (χ2v) is 5.08. The Hall–Kier alpha value is -1.92. The predicted molar refractivity (Wildman–Crippen MR) is 66.7 cm³/mol. The second kappa shape index (κ2) is 4.99. The van der Waals surface area contributed by atoms with E-state index in [1.807, 2.05) is 0 Å². The summed E-state index contributed by atoms with van der Waals surface area (Å²) < 4.78 is 38.6. The quantitative estimate of drug-likeness (QED) is 0.827. The highest BCUT2D eigenvalue weighted by molar-refractivity contribution is 7.73. The number of nitrogens with zero attached hydrogens (tertiary/aromatic N) is 2. The minimum Gasteiger partial charge on any atom is -0.330 e. The average Bonchev–Trinajstić information content (AvgIpc) is 2.73. The molecule has 98 valence electrons. The van der Waals surface area contributed by atoms with E-state index in [9.17, 15) is 13.2 Å². The number of nitrogens with one attached hydrogen (secondary N) is 2. The smallest absolute Gasteiger partial charge is 0.330 e. The van der Waals surface area contributed by atoms with Crippen molar-refractivity contribution in [2.75, 3.05) is 5.32 Å². The normalized spacial score (nSPS) is 11.1. The van der Waals surface area contributed by atoms with Gasteiger partial charge in [0.2, 0.25) is 5.13 Å². The molecule has 2 N–H and O–H groups in total. The maximum Gasteiger partial charge on any atom is 0.417 e. The zero-order valence-corrected chi connectivity index (χ0v) is 10.7. The first-order valence-electron chi connectivity index (χ1n) is 4.84. The first-order valence-corrected chi connectivity index (χ1v) is 6.06. The number of nitriles is 1. The van der Waals surface area contributed by atoms with Gasteiger partial charge in [0.05, 0.1) is 17.2 Å². The highest BCUT2D eigenvalue weighted by Crippen LogP contribution is 2.34. The van der Waals surface area contributed by atoms with Crippen molar-refractivity contribution >= 4 is 34.4 Å². The Balaban J connectivity index is 2.39. The van der Waals surface area contributed by atoms with E-state index in [0.717, 1.165) is 23.5 Å². The number of alkyl halides is 3. The van der Waals surface area contributed by atoms with Crippen LogP contribution in [0.2, 0.25) is 0 Å². The summed E-state index contributed by atoms with van der Waals surface area (Å²) in [4.78, 5) is 0. The predicted octanol–water partition coefficient (Wildman–Crippen LogP) is 3.83. The topological polar surface area (TPSA) is 64.5 Å². The first kappa shape index (κ1) is 13.5. The van der Waals surface area contributed by atoms with Crippen LogP contribution in [0.15, 0.2) is 18.2 Å². The Morgan fingerprint density at radius 1 is 1.42 bits per heavy atom. The van der Waals surface area contributed by atoms with Crippen LogP contribution in [0.4, 0.5) is 24.0 Å². The van der Waals surface area contributed by atoms with E-state index in [2.05, 4.69) is 15.5 Å². The van der Waals surface area contributed by atoms with Crippen LogP contribution in [0.1, 0.15) is 11.1 Å². The molecule has 1 aromatic carbocycles. The van der Waals surface area contributed by atoms with Gasteiger partial charge < -0.3 is 5.32 Å². The molecule has 0 aliphatic heterocycles. The number of hydrogen-bond acceptors (Lipinski definition) is 5. The van der Waals surface area contributed by atoms with Crippen LogP contribution in [0.25, 0.3) is 0 Å². The Bertz CT molecular complexity index is 696. The highest BCUT2D eigenvalue weighted by Gasteiger charge is 2.33. The molecular weight excluding hydrogens is 297 g/mol. The molecule has 0 radical (unpaired) electrons. The molecule has 0 bridgehead atoms. The molecule has 1 aromatic heterocycles. The summed E-state index contributed by atoms with van der Waals surface area (Å²) in [6.07, 6.45) is -4.58. The van der Waals surface area contributed by atoms with Gasteiger partial charge >= 0.3 is 6.18 Å². The fourth-order valence-corrected chi connectivity index (χ4v) is 2.17. The lowest BCUT2D eigenvalue weighted by atomic mass is 10.1. The minimum atomic E-state index is -4.58. The number of halogens is 3. The van der Waals surface area contributed by atoms with Gasteiger partial charge in [-0.3, -0.25) is 5.10 Å². The van der Waals surface area contributed by atoms with E-state index in [1.54, 1.807) is 0 Å². The van der Waals surface area contributed by atoms with E-state index in [1.165, 1.54) is 12.1 Å². The molecule has 0 fully saturated rings. The SMILES string of the molecule is N#Cc1ccc(Nc2n[nH]c(=S)s2)cc1C(F)(F)F. The molecule has 9 heteroatoms. The molecule has 1 heterocycles. The Labute approximate surface area is 114 Å². The van der Waals surface area contributed by atoms with E-state index in [4.69, 9.17) is 17.5 Å². The standard InChI is InChI=1S/C10H5F3N4S2/c11-10(12,13)7-3-6(2-1-5(7)4-14)15-8-16-17-9(18)19-8/h1-3H,(H,15,16)(H,17,18). The number of benzene rings is 1. The molecule has 2 rings (SSSR count). The molecule has 0 unspecified atom stereocenters. The number of aromatic nitrogens is 2. The van der Waals surface area contributed by atoms with Gasteiger partial charge in [0.15, 0.2) is 3.95 Å². The van der Waals surface area contributed by atoms with Crippen molar-refractivity contribution in [1.82, 2.24) is 10.2 Å². The van der Waals surface area contributed by atoms with Gasteiger partial charge in [0.25, 0.3) is 0 Å². The van der Waals surface area contributed by atoms with Crippen molar-refractivity contribution < 1.29 is 13.2 Å². The van der Waals surface area contributed by atoms with E-state index in [0.29, 0.717) is 9.09 Å². The minimum absolute atomic E-state index is 0.184. The number of rotatable bonds is 2. The second-order valence-electron chi connectivity index (χ2n) is 3.41. The molecule has 19 heavy (non-hydrogen) atoms. The summed E-state index contributed by atoms with van der Waals surface area (Å²) in [7, 11) is 0. The lowest BCUT2D eigenvalue weighted by molar-refractivity contribution is -0.137. The van der Waals surface area contributed by atoms with Gasteiger partial charge in [-0.1, -0.05) is 11.3 Å². The van der Waals surface area contributed by atoms with Crippen molar-refractivity contribution in [2.45, 2.75) is 6.18 Å². The zero-order valence-electron chi connectivity index (χ0n) is 9.08. The van der Waals surface area contributed by atoms with Crippen LogP contribution >= 0.6 is 23.6 Å². The number of anilines is 2. The Morgan fingerprint density at radius 2 is 2.16 bits per heavy atom. The molecule has 0 aliphatic rings. The van der Waals surface area contributed by atoms with Gasteiger partial charge in [0, 0.05) is 5.69 Å². The Morgan fingerprint density at radius 3 is 2.68 bits per heavy atom. The summed E-state index contributed by atoms with van der Waals surface area (Å²) in [5.41, 5.74) is -1.23. The maximum atomic E-state index is 12.7. The zero-order chi connectivity index (χ0) is 14.0. The van der Waals surface area contributed by atoms with Crippen molar-refractivity contribution in [3.05, 3.63) is 33.3 Å². The van der Waals surface area contributed by atoms with Crippen LogP contribution < -0.4 is 5.32 Å². The molecule has 4 nitrogen and oxygen atoms in total. The van der Waals surface area contributed by atoms with Crippen LogP contribution in [0.3, 0.4) is 0 Å². The molecule has 0 saturated heterocycles. The molecule has 0 saturated carbocycles. The van der Waals surface area contributed by atoms with Gasteiger partial charge in [-0.05, 0) is 30.4 Å². The van der Waals surface area contributed by atoms with Crippen LogP contribution in [0.5, 0.6) is 0 Å². The van der Waals surface area contributed by atoms with E-state index >= 15 is 0 Å². The largest absolute Gasteiger partial charge is 0.417 e. The van der Waals surface area contributed by atoms with Crippen LogP contribution in [-0.4, -0.2) is 10.2 Å². The molecule has 2 aromatic rings. The van der Waals surface area contributed by atoms with Crippen molar-refractivity contribution in [3.63, 3.8) is 0 Å². The fourth-order valence-electron chi connectivity index (χ4n) is 1.36. The lowest BCUT2D eigenvalue weighted by Crippen LogP contribution is -2.08. The third-order valence-electron chi connectivity index (χ3n) is 2.13. The molecular formula is C10H5F3N4S2. The first-order chi connectivity index (χ1) is 8.90. The van der Waals surface area contributed by atoms with Gasteiger partial charge in [-0.25, -0.2) is 0 Å². The van der Waals surface area contributed by atoms with Crippen molar-refractivity contribution in [3.8, 4) is 6.07 Å². The fraction of sp³-hybridized carbons (Fsp3) is 0.100. The lowest BCUT2D eigenvalue weighted by Gasteiger charge is -2.10. The average molecular weight is 302 g/mol. The van der Waals surface area contributed by atoms with Crippen LogP contribution in [-0.2, 0) is 6.18 Å². The summed E-state index contributed by atoms with van der Waals surface area (Å²) >= 11 is 5.91. The Kier molecular flexibility index (Phi) is 3.55. The van der Waals surface area contributed by atoms with Crippen molar-refractivity contribution in [2.24, 2.45) is 0 Å². The highest BCUT2D eigenvalue weighted by atomic mass is 32.1. The molecule has 0 amide bonds. The summed E-state index contributed by atoms with van der Waals surface area (Å²) in [5, 5.41) is 18.0. The van der Waals surface area contributed by atoms with Crippen LogP contribution in [0, 0.1) is 15.3 Å². The van der Waals surface area contributed by atoms with Gasteiger partial charge in [-0.15, -0.1) is 5.10 Å². The summed E-state index contributed by atoms with van der Waals surface area (Å²) in [5.74, 6) is 0.